The van der Waals surface area contributed by atoms with Crippen molar-refractivity contribution in [3.8, 4) is 5.75 Å². The van der Waals surface area contributed by atoms with Gasteiger partial charge in [-0.15, -0.1) is 0 Å². The van der Waals surface area contributed by atoms with Crippen LogP contribution in [-0.4, -0.2) is 34.7 Å². The third-order valence-electron chi connectivity index (χ3n) is 2.82. The lowest BCUT2D eigenvalue weighted by Crippen LogP contribution is -2.36. The molecular weight excluding hydrogens is 259 g/mol. The SMILES string of the molecule is COc1ccc(S(=O)(=O)N[C@@H]2CCNC2)cc1F. The molecule has 1 atom stereocenters. The van der Waals surface area contributed by atoms with Crippen LogP contribution in [0.25, 0.3) is 0 Å². The first-order valence-corrected chi connectivity index (χ1v) is 7.08. The van der Waals surface area contributed by atoms with Crippen molar-refractivity contribution in [1.82, 2.24) is 10.0 Å². The Morgan fingerprint density at radius 2 is 2.28 bits per heavy atom. The predicted octanol–water partition coefficient (Wildman–Crippen LogP) is 0.474. The van der Waals surface area contributed by atoms with Crippen LogP contribution in [-0.2, 0) is 10.0 Å². The molecule has 2 N–H and O–H groups in total. The molecule has 0 aromatic heterocycles. The third kappa shape index (κ3) is 2.80. The lowest BCUT2D eigenvalue weighted by atomic mass is 10.3. The van der Waals surface area contributed by atoms with Gasteiger partial charge in [-0.25, -0.2) is 17.5 Å². The molecule has 0 spiro atoms. The van der Waals surface area contributed by atoms with E-state index in [1.165, 1.54) is 19.2 Å². The molecule has 2 rings (SSSR count). The first kappa shape index (κ1) is 13.3. The average Bonchev–Trinajstić information content (AvgIpc) is 2.81. The number of nitrogens with one attached hydrogen (secondary N) is 2. The summed E-state index contributed by atoms with van der Waals surface area (Å²) in [6.07, 6.45) is 0.734. The van der Waals surface area contributed by atoms with Gasteiger partial charge in [0.2, 0.25) is 10.0 Å². The zero-order valence-electron chi connectivity index (χ0n) is 9.94. The molecule has 0 aliphatic carbocycles. The molecule has 0 bridgehead atoms. The molecule has 0 amide bonds. The molecule has 1 aromatic rings. The van der Waals surface area contributed by atoms with E-state index in [1.807, 2.05) is 0 Å². The summed E-state index contributed by atoms with van der Waals surface area (Å²) in [7, 11) is -2.35. The zero-order chi connectivity index (χ0) is 13.2. The summed E-state index contributed by atoms with van der Waals surface area (Å²) >= 11 is 0. The molecular formula is C11H15FN2O3S. The van der Waals surface area contributed by atoms with Crippen LogP contribution < -0.4 is 14.8 Å². The second kappa shape index (κ2) is 5.21. The van der Waals surface area contributed by atoms with Crippen molar-refractivity contribution in [1.29, 1.82) is 0 Å². The van der Waals surface area contributed by atoms with Crippen LogP contribution in [0.5, 0.6) is 5.75 Å². The number of hydrogen-bond acceptors (Lipinski definition) is 4. The summed E-state index contributed by atoms with van der Waals surface area (Å²) in [4.78, 5) is -0.0901. The number of hydrogen-bond donors (Lipinski definition) is 2. The molecule has 5 nitrogen and oxygen atoms in total. The number of halogens is 1. The van der Waals surface area contributed by atoms with E-state index in [0.29, 0.717) is 6.54 Å². The van der Waals surface area contributed by atoms with E-state index < -0.39 is 15.8 Å². The summed E-state index contributed by atoms with van der Waals surface area (Å²) < 4.78 is 44.7. The number of sulfonamides is 1. The van der Waals surface area contributed by atoms with Gasteiger partial charge in [-0.2, -0.15) is 0 Å². The Kier molecular flexibility index (Phi) is 3.84. The number of methoxy groups -OCH3 is 1. The van der Waals surface area contributed by atoms with Gasteiger partial charge in [-0.1, -0.05) is 0 Å². The summed E-state index contributed by atoms with van der Waals surface area (Å²) in [5.41, 5.74) is 0. The van der Waals surface area contributed by atoms with Crippen LogP contribution >= 0.6 is 0 Å². The average molecular weight is 274 g/mol. The van der Waals surface area contributed by atoms with Crippen molar-refractivity contribution in [3.63, 3.8) is 0 Å². The fourth-order valence-corrected chi connectivity index (χ4v) is 3.14. The monoisotopic (exact) mass is 274 g/mol. The predicted molar refractivity (Wildman–Crippen MR) is 64.5 cm³/mol. The Morgan fingerprint density at radius 3 is 2.83 bits per heavy atom. The molecule has 0 radical (unpaired) electrons. The molecule has 1 fully saturated rings. The number of benzene rings is 1. The Hall–Kier alpha value is -1.18. The van der Waals surface area contributed by atoms with E-state index in [2.05, 4.69) is 10.0 Å². The highest BCUT2D eigenvalue weighted by Crippen LogP contribution is 2.20. The van der Waals surface area contributed by atoms with Gasteiger partial charge in [0, 0.05) is 12.6 Å². The van der Waals surface area contributed by atoms with E-state index in [4.69, 9.17) is 4.74 Å². The van der Waals surface area contributed by atoms with Gasteiger partial charge in [0.05, 0.1) is 12.0 Å². The first-order valence-electron chi connectivity index (χ1n) is 5.59. The molecule has 1 saturated heterocycles. The van der Waals surface area contributed by atoms with Crippen molar-refractivity contribution < 1.29 is 17.5 Å². The van der Waals surface area contributed by atoms with Crippen LogP contribution in [0.2, 0.25) is 0 Å². The number of ether oxygens (including phenoxy) is 1. The summed E-state index contributed by atoms with van der Waals surface area (Å²) in [5, 5.41) is 3.05. The highest BCUT2D eigenvalue weighted by molar-refractivity contribution is 7.89. The van der Waals surface area contributed by atoms with E-state index in [-0.39, 0.29) is 16.7 Å². The molecule has 1 aliphatic rings. The highest BCUT2D eigenvalue weighted by atomic mass is 32.2. The Balaban J connectivity index is 2.21. The van der Waals surface area contributed by atoms with Gasteiger partial charge >= 0.3 is 0 Å². The van der Waals surface area contributed by atoms with Gasteiger partial charge in [0.15, 0.2) is 11.6 Å². The fourth-order valence-electron chi connectivity index (χ4n) is 1.86. The van der Waals surface area contributed by atoms with Crippen LogP contribution in [0.4, 0.5) is 4.39 Å². The maximum atomic E-state index is 13.5. The maximum Gasteiger partial charge on any atom is 0.240 e. The molecule has 1 heterocycles. The minimum Gasteiger partial charge on any atom is -0.494 e. The lowest BCUT2D eigenvalue weighted by molar-refractivity contribution is 0.385. The second-order valence-corrected chi connectivity index (χ2v) is 5.82. The zero-order valence-corrected chi connectivity index (χ0v) is 10.8. The lowest BCUT2D eigenvalue weighted by Gasteiger charge is -2.12. The van der Waals surface area contributed by atoms with Gasteiger partial charge in [-0.05, 0) is 31.2 Å². The standard InChI is InChI=1S/C11H15FN2O3S/c1-17-11-3-2-9(6-10(11)12)18(15,16)14-8-4-5-13-7-8/h2-3,6,8,13-14H,4-5,7H2,1H3/t8-/m1/s1. The van der Waals surface area contributed by atoms with Crippen molar-refractivity contribution in [2.24, 2.45) is 0 Å². The summed E-state index contributed by atoms with van der Waals surface area (Å²) in [6.45, 7) is 1.38. The summed E-state index contributed by atoms with van der Waals surface area (Å²) in [5.74, 6) is -0.665. The highest BCUT2D eigenvalue weighted by Gasteiger charge is 2.23. The second-order valence-electron chi connectivity index (χ2n) is 4.11. The van der Waals surface area contributed by atoms with Crippen LogP contribution in [0.3, 0.4) is 0 Å². The van der Waals surface area contributed by atoms with Crippen molar-refractivity contribution in [2.75, 3.05) is 20.2 Å². The van der Waals surface area contributed by atoms with Crippen molar-refractivity contribution in [2.45, 2.75) is 17.4 Å². The molecule has 18 heavy (non-hydrogen) atoms. The molecule has 0 unspecified atom stereocenters. The molecule has 1 aliphatic heterocycles. The molecule has 7 heteroatoms. The Bertz CT molecular complexity index is 527. The van der Waals surface area contributed by atoms with Gasteiger partial charge in [-0.3, -0.25) is 0 Å². The van der Waals surface area contributed by atoms with Crippen LogP contribution in [0.15, 0.2) is 23.1 Å². The van der Waals surface area contributed by atoms with Gasteiger partial charge in [0.1, 0.15) is 0 Å². The third-order valence-corrected chi connectivity index (χ3v) is 4.33. The van der Waals surface area contributed by atoms with E-state index in [9.17, 15) is 12.8 Å². The minimum absolute atomic E-state index is 0.0245. The largest absolute Gasteiger partial charge is 0.494 e. The van der Waals surface area contributed by atoms with Crippen molar-refractivity contribution in [3.05, 3.63) is 24.0 Å². The van der Waals surface area contributed by atoms with Gasteiger partial charge < -0.3 is 10.1 Å². The first-order chi connectivity index (χ1) is 8.53. The summed E-state index contributed by atoms with van der Waals surface area (Å²) in [6, 6.07) is 3.45. The maximum absolute atomic E-state index is 13.5. The minimum atomic E-state index is -3.68. The van der Waals surface area contributed by atoms with E-state index in [0.717, 1.165) is 19.0 Å². The van der Waals surface area contributed by atoms with E-state index >= 15 is 0 Å². The van der Waals surface area contributed by atoms with Crippen LogP contribution in [0.1, 0.15) is 6.42 Å². The number of rotatable bonds is 4. The normalized spacial score (nSPS) is 20.0. The quantitative estimate of drug-likeness (QED) is 0.838. The smallest absolute Gasteiger partial charge is 0.240 e. The Labute approximate surface area is 105 Å². The molecule has 100 valence electrons. The molecule has 1 aromatic carbocycles. The topological polar surface area (TPSA) is 67.4 Å². The Morgan fingerprint density at radius 1 is 1.50 bits per heavy atom. The van der Waals surface area contributed by atoms with Gasteiger partial charge in [0.25, 0.3) is 0 Å². The van der Waals surface area contributed by atoms with E-state index in [1.54, 1.807) is 0 Å². The van der Waals surface area contributed by atoms with Crippen LogP contribution in [0, 0.1) is 5.82 Å². The van der Waals surface area contributed by atoms with Crippen molar-refractivity contribution >= 4 is 10.0 Å². The fraction of sp³-hybridized carbons (Fsp3) is 0.455. The molecule has 0 saturated carbocycles.